The topological polar surface area (TPSA) is 37.4 Å². The van der Waals surface area contributed by atoms with Crippen molar-refractivity contribution in [2.45, 2.75) is 36.6 Å². The zero-order valence-electron chi connectivity index (χ0n) is 10.6. The molecule has 1 saturated heterocycles. The van der Waals surface area contributed by atoms with E-state index in [1.165, 1.54) is 0 Å². The van der Waals surface area contributed by atoms with Crippen LogP contribution in [0, 0.1) is 0 Å². The summed E-state index contributed by atoms with van der Waals surface area (Å²) in [6.07, 6.45) is 3.75. The summed E-state index contributed by atoms with van der Waals surface area (Å²) in [6.45, 7) is 0.598. The van der Waals surface area contributed by atoms with Crippen molar-refractivity contribution >= 4 is 37.6 Å². The van der Waals surface area contributed by atoms with Gasteiger partial charge in [-0.15, -0.1) is 0 Å². The van der Waals surface area contributed by atoms with Crippen molar-refractivity contribution in [1.82, 2.24) is 4.31 Å². The molecule has 19 heavy (non-hydrogen) atoms. The fraction of sp³-hybridized carbons (Fsp3) is 0.538. The first kappa shape index (κ1) is 15.3. The molecular formula is C13H17BrClNO2S. The molecule has 6 heteroatoms. The summed E-state index contributed by atoms with van der Waals surface area (Å²) >= 11 is 9.42. The van der Waals surface area contributed by atoms with Crippen LogP contribution < -0.4 is 0 Å². The van der Waals surface area contributed by atoms with Gasteiger partial charge in [-0.1, -0.05) is 39.7 Å². The number of hydrogen-bond donors (Lipinski definition) is 0. The van der Waals surface area contributed by atoms with Crippen LogP contribution in [0.4, 0.5) is 0 Å². The molecule has 0 saturated carbocycles. The molecule has 1 aliphatic rings. The minimum Gasteiger partial charge on any atom is -0.207 e. The van der Waals surface area contributed by atoms with Gasteiger partial charge in [0.25, 0.3) is 0 Å². The Bertz CT molecular complexity index is 535. The molecule has 3 nitrogen and oxygen atoms in total. The van der Waals surface area contributed by atoms with Gasteiger partial charge in [0.05, 0.1) is 5.02 Å². The summed E-state index contributed by atoms with van der Waals surface area (Å²) in [7, 11) is -3.46. The van der Waals surface area contributed by atoms with Crippen LogP contribution in [-0.4, -0.2) is 30.6 Å². The van der Waals surface area contributed by atoms with Gasteiger partial charge in [-0.25, -0.2) is 8.42 Å². The molecule has 0 amide bonds. The maximum Gasteiger partial charge on any atom is 0.244 e. The predicted molar refractivity (Wildman–Crippen MR) is 81.4 cm³/mol. The van der Waals surface area contributed by atoms with Crippen LogP contribution >= 0.6 is 27.5 Å². The van der Waals surface area contributed by atoms with Crippen LogP contribution in [0.15, 0.2) is 29.2 Å². The molecule has 0 aliphatic carbocycles. The van der Waals surface area contributed by atoms with Crippen molar-refractivity contribution in [2.24, 2.45) is 0 Å². The van der Waals surface area contributed by atoms with Crippen molar-refractivity contribution in [3.8, 4) is 0 Å². The molecule has 1 fully saturated rings. The fourth-order valence-electron chi connectivity index (χ4n) is 2.51. The quantitative estimate of drug-likeness (QED) is 0.746. The molecule has 1 aromatic carbocycles. The van der Waals surface area contributed by atoms with Gasteiger partial charge >= 0.3 is 0 Å². The van der Waals surface area contributed by atoms with Crippen LogP contribution in [0.3, 0.4) is 0 Å². The van der Waals surface area contributed by atoms with Crippen LogP contribution in [-0.2, 0) is 10.0 Å². The van der Waals surface area contributed by atoms with Crippen LogP contribution in [0.2, 0.25) is 5.02 Å². The normalized spacial score (nSPS) is 20.8. The third kappa shape index (κ3) is 3.32. The molecule has 1 atom stereocenters. The molecule has 1 aliphatic heterocycles. The fourth-order valence-corrected chi connectivity index (χ4v) is 5.05. The second kappa shape index (κ2) is 6.57. The molecule has 1 unspecified atom stereocenters. The highest BCUT2D eigenvalue weighted by molar-refractivity contribution is 9.09. The van der Waals surface area contributed by atoms with Crippen LogP contribution in [0.1, 0.15) is 25.7 Å². The molecule has 0 aromatic heterocycles. The Morgan fingerprint density at radius 3 is 2.79 bits per heavy atom. The van der Waals surface area contributed by atoms with Gasteiger partial charge in [-0.2, -0.15) is 4.31 Å². The predicted octanol–water partition coefficient (Wildman–Crippen LogP) is 3.67. The zero-order valence-corrected chi connectivity index (χ0v) is 13.7. The molecule has 0 bridgehead atoms. The smallest absolute Gasteiger partial charge is 0.207 e. The molecule has 1 heterocycles. The number of rotatable bonds is 5. The van der Waals surface area contributed by atoms with E-state index in [0.717, 1.165) is 31.0 Å². The molecule has 1 aromatic rings. The minimum atomic E-state index is -3.46. The second-order valence-electron chi connectivity index (χ2n) is 4.67. The number of benzene rings is 1. The highest BCUT2D eigenvalue weighted by atomic mass is 79.9. The molecule has 0 spiro atoms. The summed E-state index contributed by atoms with van der Waals surface area (Å²) in [5.41, 5.74) is 0. The summed E-state index contributed by atoms with van der Waals surface area (Å²) in [6, 6.07) is 6.77. The van der Waals surface area contributed by atoms with E-state index in [4.69, 9.17) is 11.6 Å². The number of sulfonamides is 1. The molecule has 106 valence electrons. The van der Waals surface area contributed by atoms with Crippen LogP contribution in [0.5, 0.6) is 0 Å². The lowest BCUT2D eigenvalue weighted by Crippen LogP contribution is -2.35. The van der Waals surface area contributed by atoms with E-state index in [9.17, 15) is 8.42 Å². The van der Waals surface area contributed by atoms with Crippen molar-refractivity contribution < 1.29 is 8.42 Å². The lowest BCUT2D eigenvalue weighted by atomic mass is 10.1. The minimum absolute atomic E-state index is 0.110. The lowest BCUT2D eigenvalue weighted by molar-refractivity contribution is 0.369. The van der Waals surface area contributed by atoms with Gasteiger partial charge in [0.15, 0.2) is 0 Å². The largest absolute Gasteiger partial charge is 0.244 e. The van der Waals surface area contributed by atoms with Gasteiger partial charge < -0.3 is 0 Å². The van der Waals surface area contributed by atoms with E-state index in [-0.39, 0.29) is 10.9 Å². The third-order valence-corrected chi connectivity index (χ3v) is 6.43. The maximum absolute atomic E-state index is 12.7. The number of alkyl halides is 1. The average molecular weight is 367 g/mol. The first-order valence-electron chi connectivity index (χ1n) is 6.39. The van der Waals surface area contributed by atoms with Gasteiger partial charge in [0, 0.05) is 17.9 Å². The Kier molecular flexibility index (Phi) is 5.29. The van der Waals surface area contributed by atoms with Crippen molar-refractivity contribution in [2.75, 3.05) is 11.9 Å². The highest BCUT2D eigenvalue weighted by Crippen LogP contribution is 2.31. The molecule has 0 N–H and O–H groups in total. The van der Waals surface area contributed by atoms with Gasteiger partial charge in [0.2, 0.25) is 10.0 Å². The lowest BCUT2D eigenvalue weighted by Gasteiger charge is -2.24. The van der Waals surface area contributed by atoms with E-state index in [1.54, 1.807) is 28.6 Å². The Morgan fingerprint density at radius 2 is 2.11 bits per heavy atom. The van der Waals surface area contributed by atoms with E-state index in [0.29, 0.717) is 11.6 Å². The Labute approximate surface area is 128 Å². The second-order valence-corrected chi connectivity index (χ2v) is 7.73. The first-order valence-corrected chi connectivity index (χ1v) is 9.33. The number of nitrogens with zero attached hydrogens (tertiary/aromatic N) is 1. The van der Waals surface area contributed by atoms with E-state index in [2.05, 4.69) is 15.9 Å². The van der Waals surface area contributed by atoms with Crippen molar-refractivity contribution in [3.63, 3.8) is 0 Å². The summed E-state index contributed by atoms with van der Waals surface area (Å²) in [5, 5.41) is 1.21. The average Bonchev–Trinajstić information content (AvgIpc) is 2.85. The third-order valence-electron chi connectivity index (χ3n) is 3.42. The highest BCUT2D eigenvalue weighted by Gasteiger charge is 2.35. The Hall–Kier alpha value is -0.100. The Morgan fingerprint density at radius 1 is 1.37 bits per heavy atom. The van der Waals surface area contributed by atoms with Gasteiger partial charge in [-0.3, -0.25) is 0 Å². The summed E-state index contributed by atoms with van der Waals surface area (Å²) in [5.74, 6) is 0. The van der Waals surface area contributed by atoms with Gasteiger partial charge in [0.1, 0.15) is 4.90 Å². The number of hydrogen-bond acceptors (Lipinski definition) is 2. The van der Waals surface area contributed by atoms with E-state index in [1.807, 2.05) is 0 Å². The van der Waals surface area contributed by atoms with E-state index < -0.39 is 10.0 Å². The Balaban J connectivity index is 2.26. The summed E-state index contributed by atoms with van der Waals surface area (Å²) in [4.78, 5) is 0.224. The zero-order chi connectivity index (χ0) is 13.9. The SMILES string of the molecule is O=S(=O)(c1ccccc1Cl)N1CCCC1CCCBr. The van der Waals surface area contributed by atoms with Crippen molar-refractivity contribution in [3.05, 3.63) is 29.3 Å². The first-order chi connectivity index (χ1) is 9.07. The number of halogens is 2. The summed E-state index contributed by atoms with van der Waals surface area (Å²) < 4.78 is 26.9. The molecule has 0 radical (unpaired) electrons. The van der Waals surface area contributed by atoms with Gasteiger partial charge in [-0.05, 0) is 37.8 Å². The van der Waals surface area contributed by atoms with E-state index >= 15 is 0 Å². The maximum atomic E-state index is 12.7. The van der Waals surface area contributed by atoms with Crippen LogP contribution in [0.25, 0.3) is 0 Å². The molecule has 2 rings (SSSR count). The monoisotopic (exact) mass is 365 g/mol. The van der Waals surface area contributed by atoms with Crippen molar-refractivity contribution in [1.29, 1.82) is 0 Å². The standard InChI is InChI=1S/C13H17BrClNO2S/c14-9-3-5-11-6-4-10-16(11)19(17,18)13-8-2-1-7-12(13)15/h1-2,7-8,11H,3-6,9-10H2. The molecular weight excluding hydrogens is 350 g/mol.